The molecule has 2 aromatic rings. The van der Waals surface area contributed by atoms with Gasteiger partial charge in [0, 0.05) is 27.6 Å². The summed E-state index contributed by atoms with van der Waals surface area (Å²) >= 11 is 2.83. The van der Waals surface area contributed by atoms with Gasteiger partial charge in [-0.1, -0.05) is 0 Å². The maximum absolute atomic E-state index is 9.18. The largest absolute Gasteiger partial charge is 0.508 e. The molecule has 0 heterocycles. The molecule has 0 bridgehead atoms. The molecule has 0 aliphatic rings. The molecule has 124 valence electrons. The van der Waals surface area contributed by atoms with Crippen molar-refractivity contribution in [2.45, 2.75) is 9.79 Å². The lowest BCUT2D eigenvalue weighted by Crippen LogP contribution is -2.04. The van der Waals surface area contributed by atoms with E-state index >= 15 is 0 Å². The number of aromatic hydroxyl groups is 2. The third kappa shape index (κ3) is 7.62. The van der Waals surface area contributed by atoms with Crippen LogP contribution in [0.4, 0.5) is 0 Å². The molecular formula is C16H18O5S2. The van der Waals surface area contributed by atoms with Gasteiger partial charge in [0.1, 0.15) is 18.3 Å². The van der Waals surface area contributed by atoms with Crippen LogP contribution in [0.1, 0.15) is 0 Å². The van der Waals surface area contributed by atoms with Gasteiger partial charge in [-0.3, -0.25) is 4.18 Å². The third-order valence-corrected chi connectivity index (χ3v) is 4.28. The molecule has 0 unspecified atom stereocenters. The fourth-order valence-electron chi connectivity index (χ4n) is 1.54. The standard InChI is InChI=1S/C16H18O5S2/c17-13-1-5-15(6-2-13)22-10-9-19-11-20-12-21-23-16-7-3-14(18)4-8-16/h1-8,17-18H,9-12H2. The van der Waals surface area contributed by atoms with E-state index < -0.39 is 0 Å². The van der Waals surface area contributed by atoms with Crippen molar-refractivity contribution < 1.29 is 23.9 Å². The van der Waals surface area contributed by atoms with E-state index in [0.29, 0.717) is 6.61 Å². The molecule has 0 aromatic heterocycles. The second kappa shape index (κ2) is 10.4. The maximum atomic E-state index is 9.18. The van der Waals surface area contributed by atoms with Crippen LogP contribution < -0.4 is 0 Å². The van der Waals surface area contributed by atoms with E-state index in [2.05, 4.69) is 0 Å². The van der Waals surface area contributed by atoms with Gasteiger partial charge < -0.3 is 19.7 Å². The van der Waals surface area contributed by atoms with Crippen LogP contribution in [0.15, 0.2) is 58.3 Å². The van der Waals surface area contributed by atoms with Crippen LogP contribution in [0.2, 0.25) is 0 Å². The number of phenols is 2. The van der Waals surface area contributed by atoms with Gasteiger partial charge in [-0.2, -0.15) is 0 Å². The van der Waals surface area contributed by atoms with Gasteiger partial charge in [-0.15, -0.1) is 11.8 Å². The molecule has 2 aromatic carbocycles. The molecule has 7 heteroatoms. The molecule has 0 aliphatic heterocycles. The summed E-state index contributed by atoms with van der Waals surface area (Å²) in [6.45, 7) is 0.861. The molecule has 5 nitrogen and oxygen atoms in total. The summed E-state index contributed by atoms with van der Waals surface area (Å²) in [5, 5.41) is 18.3. The van der Waals surface area contributed by atoms with Crippen LogP contribution in [0.3, 0.4) is 0 Å². The SMILES string of the molecule is Oc1ccc(SCCOCOCOSc2ccc(O)cc2)cc1. The Morgan fingerprint density at radius 2 is 1.35 bits per heavy atom. The highest BCUT2D eigenvalue weighted by atomic mass is 32.2. The Bertz CT molecular complexity index is 508. The smallest absolute Gasteiger partial charge is 0.163 e. The number of benzene rings is 2. The van der Waals surface area contributed by atoms with Crippen LogP contribution in [0.25, 0.3) is 0 Å². The summed E-state index contributed by atoms with van der Waals surface area (Å²) in [6.07, 6.45) is 0. The molecule has 0 atom stereocenters. The van der Waals surface area contributed by atoms with Crippen LogP contribution in [0.5, 0.6) is 11.5 Å². The molecule has 0 aliphatic carbocycles. The van der Waals surface area contributed by atoms with Crippen LogP contribution in [-0.2, 0) is 13.7 Å². The van der Waals surface area contributed by atoms with Gasteiger partial charge in [-0.25, -0.2) is 0 Å². The molecule has 0 spiro atoms. The Hall–Kier alpha value is -1.38. The highest BCUT2D eigenvalue weighted by Gasteiger charge is 1.97. The van der Waals surface area contributed by atoms with Crippen molar-refractivity contribution in [1.82, 2.24) is 0 Å². The van der Waals surface area contributed by atoms with Crippen molar-refractivity contribution in [2.24, 2.45) is 0 Å². The first kappa shape index (κ1) is 18.0. The normalized spacial score (nSPS) is 10.8. The predicted octanol–water partition coefficient (Wildman–Crippen LogP) is 3.86. The summed E-state index contributed by atoms with van der Waals surface area (Å²) in [5.41, 5.74) is 0. The van der Waals surface area contributed by atoms with Gasteiger partial charge in [0.25, 0.3) is 0 Å². The summed E-state index contributed by atoms with van der Waals surface area (Å²) in [7, 11) is 0. The van der Waals surface area contributed by atoms with Gasteiger partial charge in [-0.05, 0) is 48.5 Å². The molecule has 2 N–H and O–H groups in total. The predicted molar refractivity (Wildman–Crippen MR) is 90.7 cm³/mol. The van der Waals surface area contributed by atoms with E-state index in [0.717, 1.165) is 15.5 Å². The fraction of sp³-hybridized carbons (Fsp3) is 0.250. The average Bonchev–Trinajstić information content (AvgIpc) is 2.56. The quantitative estimate of drug-likeness (QED) is 0.291. The minimum absolute atomic E-state index is 0.122. The molecule has 0 saturated carbocycles. The van der Waals surface area contributed by atoms with Gasteiger partial charge in [0.05, 0.1) is 6.61 Å². The molecule has 0 amide bonds. The molecule has 0 radical (unpaired) electrons. The van der Waals surface area contributed by atoms with Crippen molar-refractivity contribution in [3.8, 4) is 11.5 Å². The van der Waals surface area contributed by atoms with E-state index in [4.69, 9.17) is 18.8 Å². The Morgan fingerprint density at radius 1 is 0.739 bits per heavy atom. The number of phenolic OH excluding ortho intramolecular Hbond substituents is 2. The third-order valence-electron chi connectivity index (χ3n) is 2.62. The summed E-state index contributed by atoms with van der Waals surface area (Å²) in [5.74, 6) is 1.30. The lowest BCUT2D eigenvalue weighted by molar-refractivity contribution is -0.0906. The van der Waals surface area contributed by atoms with E-state index in [1.165, 1.54) is 12.0 Å². The molecule has 0 saturated heterocycles. The first-order chi connectivity index (χ1) is 11.2. The number of rotatable bonds is 10. The zero-order valence-corrected chi connectivity index (χ0v) is 14.0. The lowest BCUT2D eigenvalue weighted by Gasteiger charge is -2.06. The second-order valence-electron chi connectivity index (χ2n) is 4.39. The molecular weight excluding hydrogens is 336 g/mol. The fourth-order valence-corrected chi connectivity index (χ4v) is 2.81. The maximum Gasteiger partial charge on any atom is 0.163 e. The van der Waals surface area contributed by atoms with E-state index in [-0.39, 0.29) is 25.1 Å². The van der Waals surface area contributed by atoms with Crippen molar-refractivity contribution >= 4 is 23.8 Å². The highest BCUT2D eigenvalue weighted by Crippen LogP contribution is 2.21. The Morgan fingerprint density at radius 3 is 2.00 bits per heavy atom. The number of hydrogen-bond acceptors (Lipinski definition) is 7. The first-order valence-corrected chi connectivity index (χ1v) is 8.62. The van der Waals surface area contributed by atoms with Gasteiger partial charge >= 0.3 is 0 Å². The average molecular weight is 354 g/mol. The van der Waals surface area contributed by atoms with Crippen LogP contribution in [0, 0.1) is 0 Å². The Balaban J connectivity index is 1.43. The minimum Gasteiger partial charge on any atom is -0.508 e. The summed E-state index contributed by atoms with van der Waals surface area (Å²) < 4.78 is 15.8. The second-order valence-corrected chi connectivity index (χ2v) is 6.43. The van der Waals surface area contributed by atoms with Crippen molar-refractivity contribution in [1.29, 1.82) is 0 Å². The number of thioether (sulfide) groups is 1. The lowest BCUT2D eigenvalue weighted by atomic mass is 10.3. The Labute approximate surface area is 143 Å². The van der Waals surface area contributed by atoms with Gasteiger partial charge in [0.15, 0.2) is 6.79 Å². The van der Waals surface area contributed by atoms with E-state index in [1.807, 2.05) is 12.1 Å². The minimum atomic E-state index is 0.122. The molecule has 23 heavy (non-hydrogen) atoms. The van der Waals surface area contributed by atoms with E-state index in [1.54, 1.807) is 48.2 Å². The summed E-state index contributed by atoms with van der Waals surface area (Å²) in [6, 6.07) is 13.8. The molecule has 0 fully saturated rings. The first-order valence-electron chi connectivity index (χ1n) is 6.90. The highest BCUT2D eigenvalue weighted by molar-refractivity contribution is 7.99. The van der Waals surface area contributed by atoms with Crippen LogP contribution >= 0.6 is 23.8 Å². The topological polar surface area (TPSA) is 68.2 Å². The monoisotopic (exact) mass is 354 g/mol. The zero-order chi connectivity index (χ0) is 16.3. The van der Waals surface area contributed by atoms with Crippen LogP contribution in [-0.4, -0.2) is 36.2 Å². The van der Waals surface area contributed by atoms with E-state index in [9.17, 15) is 5.11 Å². The summed E-state index contributed by atoms with van der Waals surface area (Å²) in [4.78, 5) is 1.97. The van der Waals surface area contributed by atoms with Crippen molar-refractivity contribution in [2.75, 3.05) is 25.9 Å². The van der Waals surface area contributed by atoms with Crippen molar-refractivity contribution in [3.05, 3.63) is 48.5 Å². The molecule has 2 rings (SSSR count). The van der Waals surface area contributed by atoms with Crippen molar-refractivity contribution in [3.63, 3.8) is 0 Å². The zero-order valence-electron chi connectivity index (χ0n) is 12.4. The Kier molecular flexibility index (Phi) is 8.13. The number of hydrogen-bond donors (Lipinski definition) is 2. The van der Waals surface area contributed by atoms with Gasteiger partial charge in [0.2, 0.25) is 0 Å². The number of ether oxygens (including phenoxy) is 2.